The second-order valence-corrected chi connectivity index (χ2v) is 6.81. The zero-order chi connectivity index (χ0) is 14.8. The van der Waals surface area contributed by atoms with E-state index in [2.05, 4.69) is 22.9 Å². The highest BCUT2D eigenvalue weighted by atomic mass is 79.9. The van der Waals surface area contributed by atoms with E-state index in [4.69, 9.17) is 5.73 Å². The summed E-state index contributed by atoms with van der Waals surface area (Å²) < 4.78 is 28.7. The molecule has 1 aliphatic rings. The molecule has 20 heavy (non-hydrogen) atoms. The molecule has 0 bridgehead atoms. The van der Waals surface area contributed by atoms with Crippen molar-refractivity contribution in [2.45, 2.75) is 57.4 Å². The standard InChI is InChI=1S/C16H22BrF2N/c1-2-4-11-5-3-9-16(20,10-8-11)14-13(18)7-6-12(17)15(14)19/h6-7,11H,2-5,8-10,20H2,1H3. The predicted octanol–water partition coefficient (Wildman–Crippen LogP) is 5.26. The molecule has 112 valence electrons. The van der Waals surface area contributed by atoms with Crippen molar-refractivity contribution < 1.29 is 8.78 Å². The van der Waals surface area contributed by atoms with Crippen molar-refractivity contribution in [1.82, 2.24) is 0 Å². The molecule has 0 amide bonds. The van der Waals surface area contributed by atoms with Crippen molar-refractivity contribution in [2.24, 2.45) is 11.7 Å². The maximum absolute atomic E-state index is 14.3. The first-order valence-electron chi connectivity index (χ1n) is 7.41. The summed E-state index contributed by atoms with van der Waals surface area (Å²) in [5, 5.41) is 0. The van der Waals surface area contributed by atoms with Crippen molar-refractivity contribution >= 4 is 15.9 Å². The Morgan fingerprint density at radius 3 is 2.75 bits per heavy atom. The number of nitrogens with two attached hydrogens (primary N) is 1. The van der Waals surface area contributed by atoms with Crippen LogP contribution in [-0.4, -0.2) is 0 Å². The first-order chi connectivity index (χ1) is 9.48. The average molecular weight is 346 g/mol. The molecule has 0 heterocycles. The van der Waals surface area contributed by atoms with Gasteiger partial charge in [0.25, 0.3) is 0 Å². The van der Waals surface area contributed by atoms with Gasteiger partial charge in [0.05, 0.1) is 4.47 Å². The molecule has 4 heteroatoms. The number of hydrogen-bond acceptors (Lipinski definition) is 1. The lowest BCUT2D eigenvalue weighted by molar-refractivity contribution is 0.339. The number of benzene rings is 1. The fourth-order valence-electron chi connectivity index (χ4n) is 3.37. The molecule has 1 nitrogen and oxygen atoms in total. The van der Waals surface area contributed by atoms with Crippen molar-refractivity contribution in [3.63, 3.8) is 0 Å². The van der Waals surface area contributed by atoms with Crippen molar-refractivity contribution in [3.8, 4) is 0 Å². The molecule has 2 rings (SSSR count). The molecule has 0 radical (unpaired) electrons. The lowest BCUT2D eigenvalue weighted by Gasteiger charge is -2.30. The SMILES string of the molecule is CCCC1CCCC(N)(c2c(F)ccc(Br)c2F)CC1. The highest BCUT2D eigenvalue weighted by molar-refractivity contribution is 9.10. The van der Waals surface area contributed by atoms with Gasteiger partial charge in [-0.25, -0.2) is 8.78 Å². The first kappa shape index (κ1) is 15.9. The fourth-order valence-corrected chi connectivity index (χ4v) is 3.70. The van der Waals surface area contributed by atoms with E-state index in [9.17, 15) is 8.78 Å². The number of rotatable bonds is 3. The van der Waals surface area contributed by atoms with Crippen LogP contribution in [-0.2, 0) is 5.54 Å². The third-order valence-electron chi connectivity index (χ3n) is 4.47. The van der Waals surface area contributed by atoms with E-state index in [1.165, 1.54) is 18.6 Å². The van der Waals surface area contributed by atoms with Crippen LogP contribution in [0.15, 0.2) is 16.6 Å². The minimum Gasteiger partial charge on any atom is -0.321 e. The minimum atomic E-state index is -0.875. The van der Waals surface area contributed by atoms with Gasteiger partial charge in [-0.2, -0.15) is 0 Å². The molecule has 1 saturated carbocycles. The van der Waals surface area contributed by atoms with Gasteiger partial charge in [-0.15, -0.1) is 0 Å². The van der Waals surface area contributed by atoms with Crippen LogP contribution < -0.4 is 5.73 Å². The second-order valence-electron chi connectivity index (χ2n) is 5.96. The molecule has 2 N–H and O–H groups in total. The highest BCUT2D eigenvalue weighted by Gasteiger charge is 2.36. The molecule has 1 aliphatic carbocycles. The normalized spacial score (nSPS) is 27.4. The topological polar surface area (TPSA) is 26.0 Å². The van der Waals surface area contributed by atoms with Gasteiger partial charge in [0, 0.05) is 11.1 Å². The van der Waals surface area contributed by atoms with Crippen molar-refractivity contribution in [1.29, 1.82) is 0 Å². The zero-order valence-electron chi connectivity index (χ0n) is 11.9. The van der Waals surface area contributed by atoms with E-state index >= 15 is 0 Å². The lowest BCUT2D eigenvalue weighted by atomic mass is 9.82. The van der Waals surface area contributed by atoms with E-state index in [0.29, 0.717) is 18.8 Å². The van der Waals surface area contributed by atoms with Gasteiger partial charge in [-0.05, 0) is 53.2 Å². The Labute approximate surface area is 128 Å². The molecular weight excluding hydrogens is 324 g/mol. The first-order valence-corrected chi connectivity index (χ1v) is 8.20. The number of halogens is 3. The Morgan fingerprint density at radius 2 is 2.05 bits per heavy atom. The molecule has 2 unspecified atom stereocenters. The van der Waals surface area contributed by atoms with Gasteiger partial charge in [0.1, 0.15) is 11.6 Å². The van der Waals surface area contributed by atoms with Gasteiger partial charge in [-0.1, -0.05) is 32.6 Å². The monoisotopic (exact) mass is 345 g/mol. The van der Waals surface area contributed by atoms with E-state index in [1.807, 2.05) is 0 Å². The summed E-state index contributed by atoms with van der Waals surface area (Å²) in [4.78, 5) is 0. The molecule has 0 saturated heterocycles. The molecule has 1 fully saturated rings. The molecule has 1 aromatic rings. The van der Waals surface area contributed by atoms with E-state index in [0.717, 1.165) is 25.7 Å². The summed E-state index contributed by atoms with van der Waals surface area (Å²) in [6.45, 7) is 2.17. The third-order valence-corrected chi connectivity index (χ3v) is 5.09. The fraction of sp³-hybridized carbons (Fsp3) is 0.625. The quantitative estimate of drug-likeness (QED) is 0.586. The summed E-state index contributed by atoms with van der Waals surface area (Å²) in [7, 11) is 0. The lowest BCUT2D eigenvalue weighted by Crippen LogP contribution is -2.38. The van der Waals surface area contributed by atoms with Crippen LogP contribution in [0.2, 0.25) is 0 Å². The highest BCUT2D eigenvalue weighted by Crippen LogP contribution is 2.40. The summed E-state index contributed by atoms with van der Waals surface area (Å²) in [6.07, 6.45) is 6.65. The van der Waals surface area contributed by atoms with Gasteiger partial charge >= 0.3 is 0 Å². The Bertz CT molecular complexity index is 478. The smallest absolute Gasteiger partial charge is 0.145 e. The Morgan fingerprint density at radius 1 is 1.30 bits per heavy atom. The van der Waals surface area contributed by atoms with Gasteiger partial charge < -0.3 is 5.73 Å². The summed E-state index contributed by atoms with van der Waals surface area (Å²) in [5.41, 5.74) is 5.59. The molecular formula is C16H22BrF2N. The van der Waals surface area contributed by atoms with E-state index in [-0.39, 0.29) is 10.0 Å². The van der Waals surface area contributed by atoms with Crippen LogP contribution in [0.25, 0.3) is 0 Å². The van der Waals surface area contributed by atoms with E-state index < -0.39 is 17.2 Å². The Kier molecular flexibility index (Phi) is 5.19. The minimum absolute atomic E-state index is 0.0593. The predicted molar refractivity (Wildman–Crippen MR) is 81.4 cm³/mol. The Hall–Kier alpha value is -0.480. The van der Waals surface area contributed by atoms with Gasteiger partial charge in [-0.3, -0.25) is 0 Å². The van der Waals surface area contributed by atoms with Crippen molar-refractivity contribution in [3.05, 3.63) is 33.8 Å². The average Bonchev–Trinajstić information content (AvgIpc) is 2.58. The second kappa shape index (κ2) is 6.52. The van der Waals surface area contributed by atoms with Crippen LogP contribution in [0, 0.1) is 17.6 Å². The van der Waals surface area contributed by atoms with Crippen LogP contribution in [0.4, 0.5) is 8.78 Å². The zero-order valence-corrected chi connectivity index (χ0v) is 13.5. The van der Waals surface area contributed by atoms with Gasteiger partial charge in [0.15, 0.2) is 0 Å². The Balaban J connectivity index is 2.29. The van der Waals surface area contributed by atoms with Crippen LogP contribution >= 0.6 is 15.9 Å². The molecule has 2 atom stereocenters. The largest absolute Gasteiger partial charge is 0.321 e. The summed E-state index contributed by atoms with van der Waals surface area (Å²) >= 11 is 3.13. The molecule has 1 aromatic carbocycles. The third kappa shape index (κ3) is 3.22. The van der Waals surface area contributed by atoms with Crippen LogP contribution in [0.5, 0.6) is 0 Å². The van der Waals surface area contributed by atoms with Gasteiger partial charge in [0.2, 0.25) is 0 Å². The summed E-state index contributed by atoms with van der Waals surface area (Å²) in [6, 6.07) is 2.69. The number of hydrogen-bond donors (Lipinski definition) is 1. The maximum atomic E-state index is 14.3. The molecule has 0 spiro atoms. The summed E-state index contributed by atoms with van der Waals surface area (Å²) in [5.74, 6) is -0.424. The van der Waals surface area contributed by atoms with E-state index in [1.54, 1.807) is 0 Å². The van der Waals surface area contributed by atoms with Crippen LogP contribution in [0.1, 0.15) is 57.4 Å². The van der Waals surface area contributed by atoms with Crippen LogP contribution in [0.3, 0.4) is 0 Å². The molecule has 0 aliphatic heterocycles. The maximum Gasteiger partial charge on any atom is 0.145 e. The molecule has 0 aromatic heterocycles. The van der Waals surface area contributed by atoms with Crippen molar-refractivity contribution in [2.75, 3.05) is 0 Å².